The van der Waals surface area contributed by atoms with Crippen molar-refractivity contribution < 1.29 is 27.2 Å². The number of ether oxygens (including phenoxy) is 1. The number of sulfonamides is 1. The molecule has 34 heavy (non-hydrogen) atoms. The molecular weight excluding hydrogens is 458 g/mol. The van der Waals surface area contributed by atoms with Crippen molar-refractivity contribution in [2.75, 3.05) is 22.9 Å². The Hall–Kier alpha value is -3.79. The average molecular weight is 486 g/mol. The van der Waals surface area contributed by atoms with Crippen LogP contribution in [0.15, 0.2) is 71.3 Å². The van der Waals surface area contributed by atoms with Crippen molar-refractivity contribution in [1.29, 1.82) is 0 Å². The van der Waals surface area contributed by atoms with Gasteiger partial charge in [-0.05, 0) is 55.0 Å². The Labute approximate surface area is 198 Å². The second-order valence-electron chi connectivity index (χ2n) is 7.54. The van der Waals surface area contributed by atoms with Crippen LogP contribution in [-0.2, 0) is 21.4 Å². The molecule has 0 aliphatic carbocycles. The Bertz CT molecular complexity index is 1220. The predicted molar refractivity (Wildman–Crippen MR) is 129 cm³/mol. The molecule has 2 aromatic carbocycles. The van der Waals surface area contributed by atoms with Gasteiger partial charge in [0.15, 0.2) is 6.10 Å². The quantitative estimate of drug-likeness (QED) is 0.454. The van der Waals surface area contributed by atoms with Gasteiger partial charge in [0.05, 0.1) is 36.0 Å². The lowest BCUT2D eigenvalue weighted by atomic mass is 10.1. The van der Waals surface area contributed by atoms with E-state index in [4.69, 9.17) is 9.15 Å². The Morgan fingerprint density at radius 2 is 1.76 bits per heavy atom. The molecule has 0 aliphatic rings. The van der Waals surface area contributed by atoms with Gasteiger partial charge in [-0.25, -0.2) is 8.42 Å². The van der Waals surface area contributed by atoms with Gasteiger partial charge in [0.1, 0.15) is 11.5 Å². The Kier molecular flexibility index (Phi) is 7.95. The smallest absolute Gasteiger partial charge is 0.265 e. The maximum atomic E-state index is 12.9. The van der Waals surface area contributed by atoms with E-state index in [2.05, 4.69) is 10.6 Å². The summed E-state index contributed by atoms with van der Waals surface area (Å²) in [5.74, 6) is 0.262. The summed E-state index contributed by atoms with van der Waals surface area (Å²) >= 11 is 0. The van der Waals surface area contributed by atoms with Crippen molar-refractivity contribution in [3.8, 4) is 5.75 Å². The summed E-state index contributed by atoms with van der Waals surface area (Å²) in [5, 5.41) is 5.53. The monoisotopic (exact) mass is 485 g/mol. The molecule has 0 saturated heterocycles. The second kappa shape index (κ2) is 10.9. The molecule has 1 aromatic heterocycles. The first-order valence-electron chi connectivity index (χ1n) is 10.6. The summed E-state index contributed by atoms with van der Waals surface area (Å²) in [4.78, 5) is 25.6. The normalized spacial score (nSPS) is 12.0. The highest BCUT2D eigenvalue weighted by atomic mass is 32.2. The van der Waals surface area contributed by atoms with Crippen LogP contribution in [0.3, 0.4) is 0 Å². The van der Waals surface area contributed by atoms with E-state index in [9.17, 15) is 18.0 Å². The number of rotatable bonds is 10. The fourth-order valence-electron chi connectivity index (χ4n) is 3.09. The van der Waals surface area contributed by atoms with Crippen molar-refractivity contribution in [2.24, 2.45) is 0 Å². The van der Waals surface area contributed by atoms with Crippen molar-refractivity contribution in [1.82, 2.24) is 5.32 Å². The number of amides is 2. The molecule has 0 aliphatic heterocycles. The van der Waals surface area contributed by atoms with Gasteiger partial charge in [-0.3, -0.25) is 13.9 Å². The third-order valence-electron chi connectivity index (χ3n) is 5.07. The van der Waals surface area contributed by atoms with Crippen LogP contribution in [-0.4, -0.2) is 39.6 Å². The molecular formula is C24H27N3O6S. The Morgan fingerprint density at radius 1 is 1.06 bits per heavy atom. The maximum Gasteiger partial charge on any atom is 0.265 e. The van der Waals surface area contributed by atoms with Crippen LogP contribution >= 0.6 is 0 Å². The molecule has 3 aromatic rings. The third kappa shape index (κ3) is 6.38. The summed E-state index contributed by atoms with van der Waals surface area (Å²) in [6, 6.07) is 16.6. The van der Waals surface area contributed by atoms with Gasteiger partial charge in [0, 0.05) is 7.05 Å². The molecule has 10 heteroatoms. The van der Waals surface area contributed by atoms with Crippen LogP contribution in [0.2, 0.25) is 0 Å². The molecule has 0 saturated carbocycles. The number of hydrogen-bond donors (Lipinski definition) is 2. The molecule has 0 unspecified atom stereocenters. The molecule has 1 atom stereocenters. The first kappa shape index (κ1) is 24.8. The number of carbonyl (C=O) groups is 2. The Morgan fingerprint density at radius 3 is 2.38 bits per heavy atom. The lowest BCUT2D eigenvalue weighted by Gasteiger charge is -2.20. The number of carbonyl (C=O) groups excluding carboxylic acids is 2. The van der Waals surface area contributed by atoms with E-state index in [0.717, 1.165) is 10.6 Å². The predicted octanol–water partition coefficient (Wildman–Crippen LogP) is 3.40. The number of nitrogens with zero attached hydrogens (tertiary/aromatic N) is 1. The topological polar surface area (TPSA) is 118 Å². The van der Waals surface area contributed by atoms with Gasteiger partial charge in [-0.15, -0.1) is 0 Å². The minimum atomic E-state index is -3.38. The second-order valence-corrected chi connectivity index (χ2v) is 9.55. The Balaban J connectivity index is 1.66. The van der Waals surface area contributed by atoms with Crippen LogP contribution in [0.5, 0.6) is 5.75 Å². The largest absolute Gasteiger partial charge is 0.481 e. The van der Waals surface area contributed by atoms with Crippen molar-refractivity contribution in [2.45, 2.75) is 26.0 Å². The summed E-state index contributed by atoms with van der Waals surface area (Å²) in [6.45, 7) is 2.03. The van der Waals surface area contributed by atoms with Crippen LogP contribution in [0, 0.1) is 0 Å². The summed E-state index contributed by atoms with van der Waals surface area (Å²) < 4.78 is 35.6. The van der Waals surface area contributed by atoms with Crippen LogP contribution in [0.1, 0.15) is 29.5 Å². The van der Waals surface area contributed by atoms with E-state index in [-0.39, 0.29) is 12.5 Å². The van der Waals surface area contributed by atoms with Crippen LogP contribution in [0.25, 0.3) is 0 Å². The van der Waals surface area contributed by atoms with E-state index in [1.807, 2.05) is 0 Å². The lowest BCUT2D eigenvalue weighted by Crippen LogP contribution is -2.33. The molecule has 0 bridgehead atoms. The zero-order chi connectivity index (χ0) is 24.7. The highest BCUT2D eigenvalue weighted by Crippen LogP contribution is 2.22. The van der Waals surface area contributed by atoms with Gasteiger partial charge < -0.3 is 19.8 Å². The molecule has 3 rings (SSSR count). The minimum Gasteiger partial charge on any atom is -0.481 e. The zero-order valence-corrected chi connectivity index (χ0v) is 20.0. The first-order valence-corrected chi connectivity index (χ1v) is 12.4. The highest BCUT2D eigenvalue weighted by molar-refractivity contribution is 7.92. The molecule has 0 fully saturated rings. The van der Waals surface area contributed by atoms with Crippen LogP contribution < -0.4 is 19.7 Å². The molecule has 9 nitrogen and oxygen atoms in total. The van der Waals surface area contributed by atoms with E-state index >= 15 is 0 Å². The number of anilines is 2. The van der Waals surface area contributed by atoms with E-state index in [1.165, 1.54) is 13.3 Å². The molecule has 180 valence electrons. The number of hydrogen-bond acceptors (Lipinski definition) is 6. The van der Waals surface area contributed by atoms with E-state index in [1.54, 1.807) is 67.6 Å². The van der Waals surface area contributed by atoms with Crippen molar-refractivity contribution in [3.63, 3.8) is 0 Å². The fraction of sp³-hybridized carbons (Fsp3) is 0.250. The third-order valence-corrected chi connectivity index (χ3v) is 6.28. The summed E-state index contributed by atoms with van der Waals surface area (Å²) in [7, 11) is -1.93. The highest BCUT2D eigenvalue weighted by Gasteiger charge is 2.21. The molecule has 2 amide bonds. The van der Waals surface area contributed by atoms with Gasteiger partial charge in [-0.1, -0.05) is 19.1 Å². The number of furan rings is 1. The van der Waals surface area contributed by atoms with Crippen molar-refractivity contribution >= 4 is 33.2 Å². The van der Waals surface area contributed by atoms with Gasteiger partial charge in [0.2, 0.25) is 10.0 Å². The maximum absolute atomic E-state index is 12.9. The van der Waals surface area contributed by atoms with Crippen LogP contribution in [0.4, 0.5) is 11.4 Å². The molecule has 2 N–H and O–H groups in total. The van der Waals surface area contributed by atoms with Crippen molar-refractivity contribution in [3.05, 3.63) is 78.3 Å². The fourth-order valence-corrected chi connectivity index (χ4v) is 3.60. The van der Waals surface area contributed by atoms with E-state index < -0.39 is 22.0 Å². The van der Waals surface area contributed by atoms with Gasteiger partial charge >= 0.3 is 0 Å². The summed E-state index contributed by atoms with van der Waals surface area (Å²) in [5.41, 5.74) is 1.14. The number of benzene rings is 2. The number of para-hydroxylation sites is 1. The average Bonchev–Trinajstić information content (AvgIpc) is 3.34. The minimum absolute atomic E-state index is 0.222. The summed E-state index contributed by atoms with van der Waals surface area (Å²) in [6.07, 6.45) is 2.20. The first-order chi connectivity index (χ1) is 16.2. The number of nitrogens with one attached hydrogen (secondary N) is 2. The standard InChI is InChI=1S/C24H27N3O6S/c1-4-22(33-18-13-11-17(12-14-18)27(2)34(3,30)31)24(29)26-21-10-6-5-9-20(21)23(28)25-16-19-8-7-15-32-19/h5-15,22H,4,16H2,1-3H3,(H,25,28)(H,26,29)/t22-/m1/s1. The molecule has 0 radical (unpaired) electrons. The van der Waals surface area contributed by atoms with Gasteiger partial charge in [0.25, 0.3) is 11.8 Å². The molecule has 0 spiro atoms. The molecule has 1 heterocycles. The van der Waals surface area contributed by atoms with Gasteiger partial charge in [-0.2, -0.15) is 0 Å². The SMILES string of the molecule is CC[C@@H](Oc1ccc(N(C)S(C)(=O)=O)cc1)C(=O)Nc1ccccc1C(=O)NCc1ccco1. The zero-order valence-electron chi connectivity index (χ0n) is 19.1. The van der Waals surface area contributed by atoms with E-state index in [0.29, 0.717) is 34.9 Å². The lowest BCUT2D eigenvalue weighted by molar-refractivity contribution is -0.122.